The molecule has 224 valence electrons. The maximum absolute atomic E-state index is 15.3. The van der Waals surface area contributed by atoms with Crippen molar-refractivity contribution >= 4 is 39.9 Å². The highest BCUT2D eigenvalue weighted by atomic mass is 19.1. The number of ether oxygens (including phenoxy) is 2. The lowest BCUT2D eigenvalue weighted by molar-refractivity contribution is -0.129. The summed E-state index contributed by atoms with van der Waals surface area (Å²) < 4.78 is 28.9. The molecule has 2 aliphatic heterocycles. The number of pyridine rings is 2. The molecule has 2 aliphatic rings. The fraction of sp³-hybridized carbons (Fsp3) is 0.267. The van der Waals surface area contributed by atoms with E-state index in [1.165, 1.54) is 18.7 Å². The second-order valence-corrected chi connectivity index (χ2v) is 10.8. The van der Waals surface area contributed by atoms with Gasteiger partial charge in [-0.1, -0.05) is 6.08 Å². The monoisotopic (exact) mass is 596 g/mol. The number of halogens is 1. The second kappa shape index (κ2) is 11.4. The molecule has 1 amide bonds. The van der Waals surface area contributed by atoms with Gasteiger partial charge in [-0.15, -0.1) is 0 Å². The average molecular weight is 597 g/mol. The number of hydrogen-bond donors (Lipinski definition) is 1. The molecule has 0 saturated carbocycles. The maximum Gasteiger partial charge on any atom is 0.246 e. The quantitative estimate of drug-likeness (QED) is 0.278. The number of likely N-dealkylation sites (N-methyl/N-ethyl adjacent to an activating group) is 1. The van der Waals surface area contributed by atoms with Gasteiger partial charge in [-0.05, 0) is 32.3 Å². The lowest BCUT2D eigenvalue weighted by Gasteiger charge is -2.39. The summed E-state index contributed by atoms with van der Waals surface area (Å²) in [6, 6.07) is 9.65. The molecule has 6 heterocycles. The van der Waals surface area contributed by atoms with Crippen molar-refractivity contribution in [3.05, 3.63) is 73.2 Å². The zero-order valence-corrected chi connectivity index (χ0v) is 24.1. The van der Waals surface area contributed by atoms with Gasteiger partial charge in [0.05, 0.1) is 17.2 Å². The van der Waals surface area contributed by atoms with E-state index in [0.717, 1.165) is 0 Å². The van der Waals surface area contributed by atoms with Gasteiger partial charge in [0, 0.05) is 56.7 Å². The molecule has 4 aromatic heterocycles. The minimum absolute atomic E-state index is 0.0311. The third-order valence-corrected chi connectivity index (χ3v) is 7.47. The molecule has 7 rings (SSSR count). The van der Waals surface area contributed by atoms with Crippen LogP contribution in [0.5, 0.6) is 17.2 Å². The van der Waals surface area contributed by atoms with Crippen molar-refractivity contribution < 1.29 is 18.7 Å². The van der Waals surface area contributed by atoms with Crippen LogP contribution in [0.3, 0.4) is 0 Å². The van der Waals surface area contributed by atoms with Crippen molar-refractivity contribution in [2.45, 2.75) is 6.04 Å². The van der Waals surface area contributed by atoms with E-state index in [1.807, 2.05) is 36.0 Å². The molecule has 13 nitrogen and oxygen atoms in total. The third kappa shape index (κ3) is 5.42. The Morgan fingerprint density at radius 2 is 2.02 bits per heavy atom. The van der Waals surface area contributed by atoms with Gasteiger partial charge in [-0.3, -0.25) is 4.79 Å². The SMILES string of the molecule is CN(C)C/C=C/C(=O)N1CCN2C[C@@H]1COc1cc3ncnc(Nc4ccc(Oc5ccn6ncnc6c5)cc4F)c3nc12. The topological polar surface area (TPSA) is 126 Å². The fourth-order valence-electron chi connectivity index (χ4n) is 5.29. The number of anilines is 3. The molecule has 1 fully saturated rings. The molecule has 1 saturated heterocycles. The van der Waals surface area contributed by atoms with E-state index in [1.54, 1.807) is 41.1 Å². The van der Waals surface area contributed by atoms with Gasteiger partial charge in [-0.25, -0.2) is 28.8 Å². The molecular weight excluding hydrogens is 567 g/mol. The van der Waals surface area contributed by atoms with Gasteiger partial charge in [0.15, 0.2) is 23.0 Å². The molecule has 44 heavy (non-hydrogen) atoms. The predicted molar refractivity (Wildman–Crippen MR) is 161 cm³/mol. The molecule has 0 unspecified atom stereocenters. The summed E-state index contributed by atoms with van der Waals surface area (Å²) in [5.41, 5.74) is 1.83. The van der Waals surface area contributed by atoms with Crippen molar-refractivity contribution in [1.82, 2.24) is 39.3 Å². The minimum Gasteiger partial charge on any atom is -0.487 e. The largest absolute Gasteiger partial charge is 0.487 e. The Bertz CT molecular complexity index is 1890. The summed E-state index contributed by atoms with van der Waals surface area (Å²) in [4.78, 5) is 36.6. The summed E-state index contributed by atoms with van der Waals surface area (Å²) >= 11 is 0. The number of nitrogens with zero attached hydrogens (tertiary/aromatic N) is 9. The Labute approximate surface area is 251 Å². The van der Waals surface area contributed by atoms with E-state index in [9.17, 15) is 4.79 Å². The highest BCUT2D eigenvalue weighted by Gasteiger charge is 2.35. The number of piperazine rings is 1. The summed E-state index contributed by atoms with van der Waals surface area (Å²) in [5, 5.41) is 7.12. The van der Waals surface area contributed by atoms with Crippen LogP contribution in [0.25, 0.3) is 16.7 Å². The zero-order valence-electron chi connectivity index (χ0n) is 24.1. The Balaban J connectivity index is 1.10. The Hall–Kier alpha value is -5.37. The highest BCUT2D eigenvalue weighted by molar-refractivity contribution is 5.90. The first-order valence-corrected chi connectivity index (χ1v) is 14.1. The molecule has 0 aliphatic carbocycles. The Kier molecular flexibility index (Phi) is 7.10. The van der Waals surface area contributed by atoms with Crippen molar-refractivity contribution in [2.75, 3.05) is 57.1 Å². The number of amides is 1. The fourth-order valence-corrected chi connectivity index (χ4v) is 5.29. The van der Waals surface area contributed by atoms with E-state index in [-0.39, 0.29) is 17.6 Å². The van der Waals surface area contributed by atoms with Crippen LogP contribution in [-0.2, 0) is 4.79 Å². The molecule has 1 aromatic carbocycles. The number of aromatic nitrogens is 6. The third-order valence-electron chi connectivity index (χ3n) is 7.47. The standard InChI is InChI=1S/C30H29FN10O3/c1-38(2)8-3-4-27(42)40-11-10-39-15-19(40)16-43-25-14-24-28(37-30(25)39)29(34-17-32-24)36-23-6-5-20(12-22(23)31)44-21-7-9-41-26(13-21)33-18-35-41/h3-7,9,12-14,17-19H,8,10-11,15-16H2,1-2H3,(H,32,34,36)/b4-3+/t19-/m1/s1. The molecule has 0 spiro atoms. The Morgan fingerprint density at radius 3 is 2.89 bits per heavy atom. The van der Waals surface area contributed by atoms with Gasteiger partial charge in [0.25, 0.3) is 0 Å². The lowest BCUT2D eigenvalue weighted by atomic mass is 10.1. The summed E-state index contributed by atoms with van der Waals surface area (Å²) in [7, 11) is 3.91. The van der Waals surface area contributed by atoms with Gasteiger partial charge < -0.3 is 29.5 Å². The number of carbonyl (C=O) groups is 1. The van der Waals surface area contributed by atoms with E-state index in [4.69, 9.17) is 14.5 Å². The van der Waals surface area contributed by atoms with Crippen LogP contribution in [0, 0.1) is 5.82 Å². The van der Waals surface area contributed by atoms with Crippen LogP contribution in [0.2, 0.25) is 0 Å². The van der Waals surface area contributed by atoms with Crippen molar-refractivity contribution in [1.29, 1.82) is 0 Å². The minimum atomic E-state index is -0.529. The highest BCUT2D eigenvalue weighted by Crippen LogP contribution is 2.36. The predicted octanol–water partition coefficient (Wildman–Crippen LogP) is 3.27. The number of benzene rings is 1. The van der Waals surface area contributed by atoms with Crippen molar-refractivity contribution in [2.24, 2.45) is 0 Å². The summed E-state index contributed by atoms with van der Waals surface area (Å²) in [6.45, 7) is 2.74. The number of hydrogen-bond acceptors (Lipinski definition) is 11. The van der Waals surface area contributed by atoms with Gasteiger partial charge in [0.2, 0.25) is 5.91 Å². The Morgan fingerprint density at radius 1 is 1.14 bits per heavy atom. The van der Waals surface area contributed by atoms with Crippen molar-refractivity contribution in [3.8, 4) is 17.2 Å². The first-order chi connectivity index (χ1) is 21.4. The first kappa shape index (κ1) is 27.5. The summed E-state index contributed by atoms with van der Waals surface area (Å²) in [5.74, 6) is 1.85. The van der Waals surface area contributed by atoms with E-state index < -0.39 is 5.82 Å². The average Bonchev–Trinajstić information content (AvgIpc) is 3.44. The van der Waals surface area contributed by atoms with Crippen LogP contribution in [0.1, 0.15) is 0 Å². The molecule has 14 heteroatoms. The number of fused-ring (bicyclic) bond motifs is 6. The second-order valence-electron chi connectivity index (χ2n) is 10.8. The lowest BCUT2D eigenvalue weighted by Crippen LogP contribution is -2.56. The smallest absolute Gasteiger partial charge is 0.246 e. The van der Waals surface area contributed by atoms with E-state index >= 15 is 4.39 Å². The number of nitrogens with one attached hydrogen (secondary N) is 1. The normalized spacial score (nSPS) is 16.3. The molecule has 1 atom stereocenters. The van der Waals surface area contributed by atoms with Crippen LogP contribution in [-0.4, -0.2) is 98.2 Å². The van der Waals surface area contributed by atoms with Gasteiger partial charge in [0.1, 0.15) is 42.1 Å². The number of rotatable bonds is 7. The summed E-state index contributed by atoms with van der Waals surface area (Å²) in [6.07, 6.45) is 8.05. The van der Waals surface area contributed by atoms with Crippen molar-refractivity contribution in [3.63, 3.8) is 0 Å². The van der Waals surface area contributed by atoms with Crippen LogP contribution in [0.15, 0.2) is 67.4 Å². The van der Waals surface area contributed by atoms with Crippen LogP contribution in [0.4, 0.5) is 21.7 Å². The first-order valence-electron chi connectivity index (χ1n) is 14.1. The molecule has 2 bridgehead atoms. The molecule has 0 radical (unpaired) electrons. The van der Waals surface area contributed by atoms with E-state index in [2.05, 4.69) is 30.3 Å². The molecule has 1 N–H and O–H groups in total. The molecular formula is C30H29FN10O3. The zero-order chi connectivity index (χ0) is 30.2. The van der Waals surface area contributed by atoms with Crippen LogP contribution >= 0.6 is 0 Å². The number of carbonyl (C=O) groups excluding carboxylic acids is 1. The molecule has 5 aromatic rings. The van der Waals surface area contributed by atoms with Gasteiger partial charge >= 0.3 is 0 Å². The van der Waals surface area contributed by atoms with Crippen LogP contribution < -0.4 is 19.7 Å². The van der Waals surface area contributed by atoms with Gasteiger partial charge in [-0.2, -0.15) is 5.10 Å². The maximum atomic E-state index is 15.3. The van der Waals surface area contributed by atoms with E-state index in [0.29, 0.717) is 78.4 Å².